The number of benzene rings is 1. The van der Waals surface area contributed by atoms with Gasteiger partial charge in [0.1, 0.15) is 5.75 Å². The Kier molecular flexibility index (Phi) is 5.73. The van der Waals surface area contributed by atoms with E-state index in [0.717, 1.165) is 38.0 Å². The van der Waals surface area contributed by atoms with Gasteiger partial charge in [-0.3, -0.25) is 4.99 Å². The van der Waals surface area contributed by atoms with E-state index in [4.69, 9.17) is 0 Å². The number of nitrogens with zero attached hydrogens (tertiary/aromatic N) is 3. The number of rotatable bonds is 5. The second kappa shape index (κ2) is 8.19. The molecular weight excluding hydrogens is 328 g/mol. The molecule has 0 unspecified atom stereocenters. The molecule has 1 aliphatic heterocycles. The second-order valence-electron chi connectivity index (χ2n) is 6.65. The van der Waals surface area contributed by atoms with E-state index in [1.54, 1.807) is 30.6 Å². The van der Waals surface area contributed by atoms with Gasteiger partial charge < -0.3 is 20.4 Å². The van der Waals surface area contributed by atoms with Crippen LogP contribution in [-0.2, 0) is 0 Å². The Labute approximate surface area is 154 Å². The Balaban J connectivity index is 1.75. The number of piperidine rings is 1. The van der Waals surface area contributed by atoms with Crippen molar-refractivity contribution in [1.29, 1.82) is 0 Å². The van der Waals surface area contributed by atoms with E-state index in [0.29, 0.717) is 17.1 Å². The summed E-state index contributed by atoms with van der Waals surface area (Å²) in [6.45, 7) is 7.23. The number of likely N-dealkylation sites (N-methyl/N-ethyl adjacent to an activating group) is 1. The number of pyridine rings is 1. The molecule has 0 amide bonds. The highest BCUT2D eigenvalue weighted by Gasteiger charge is 2.17. The zero-order valence-electron chi connectivity index (χ0n) is 15.3. The molecule has 1 aliphatic rings. The van der Waals surface area contributed by atoms with Crippen LogP contribution in [0, 0.1) is 6.92 Å². The predicted molar refractivity (Wildman–Crippen MR) is 105 cm³/mol. The van der Waals surface area contributed by atoms with E-state index >= 15 is 0 Å². The standard InChI is InChI=1S/C20H26N4O2/c1-3-24-11-5-7-15(12-24)21-13-22-20-18(26)10-9-16(23-20)19-14(2)6-4-8-17(19)25/h4,6,8-10,13,15,25-26H,3,5,7,11-12H2,1-2H3,(H,21,22,23)/t15-/m1/s1. The van der Waals surface area contributed by atoms with Crippen LogP contribution in [0.5, 0.6) is 11.5 Å². The maximum absolute atomic E-state index is 10.1. The van der Waals surface area contributed by atoms with E-state index < -0.39 is 0 Å². The fourth-order valence-corrected chi connectivity index (χ4v) is 3.33. The van der Waals surface area contributed by atoms with Gasteiger partial charge in [0.15, 0.2) is 11.6 Å². The van der Waals surface area contributed by atoms with Gasteiger partial charge in [-0.2, -0.15) is 0 Å². The Morgan fingerprint density at radius 2 is 2.12 bits per heavy atom. The lowest BCUT2D eigenvalue weighted by molar-refractivity contribution is 0.220. The summed E-state index contributed by atoms with van der Waals surface area (Å²) in [7, 11) is 0. The van der Waals surface area contributed by atoms with Crippen molar-refractivity contribution in [3.63, 3.8) is 0 Å². The minimum atomic E-state index is 0.0482. The van der Waals surface area contributed by atoms with Gasteiger partial charge in [-0.1, -0.05) is 19.1 Å². The molecule has 1 atom stereocenters. The topological polar surface area (TPSA) is 81.0 Å². The summed E-state index contributed by atoms with van der Waals surface area (Å²) in [6, 6.07) is 8.88. The molecule has 1 aromatic heterocycles. The Morgan fingerprint density at radius 3 is 2.88 bits per heavy atom. The number of likely N-dealkylation sites (tertiary alicyclic amines) is 1. The number of aryl methyl sites for hydroxylation is 1. The first kappa shape index (κ1) is 18.2. The largest absolute Gasteiger partial charge is 0.507 e. The van der Waals surface area contributed by atoms with Crippen molar-refractivity contribution < 1.29 is 10.2 Å². The Hall–Kier alpha value is -2.60. The fourth-order valence-electron chi connectivity index (χ4n) is 3.33. The molecule has 3 rings (SSSR count). The van der Waals surface area contributed by atoms with E-state index in [1.807, 2.05) is 13.0 Å². The maximum Gasteiger partial charge on any atom is 0.174 e. The molecule has 0 bridgehead atoms. The average Bonchev–Trinajstić information content (AvgIpc) is 2.64. The molecule has 138 valence electrons. The molecule has 1 fully saturated rings. The molecule has 0 spiro atoms. The number of nitrogens with one attached hydrogen (secondary N) is 1. The third kappa shape index (κ3) is 4.14. The van der Waals surface area contributed by atoms with Crippen LogP contribution in [-0.4, -0.2) is 52.1 Å². The summed E-state index contributed by atoms with van der Waals surface area (Å²) in [4.78, 5) is 11.4. The van der Waals surface area contributed by atoms with E-state index in [-0.39, 0.29) is 17.5 Å². The number of anilines is 1. The number of phenols is 1. The van der Waals surface area contributed by atoms with E-state index in [1.165, 1.54) is 0 Å². The molecular formula is C20H26N4O2. The molecule has 6 heteroatoms. The maximum atomic E-state index is 10.1. The Bertz CT molecular complexity index is 771. The summed E-state index contributed by atoms with van der Waals surface area (Å²) in [5.41, 5.74) is 2.19. The number of aromatic nitrogens is 1. The van der Waals surface area contributed by atoms with Gasteiger partial charge in [0, 0.05) is 12.1 Å². The number of aromatic hydroxyl groups is 2. The fraction of sp³-hybridized carbons (Fsp3) is 0.400. The van der Waals surface area contributed by atoms with E-state index in [2.05, 4.69) is 27.1 Å². The first-order chi connectivity index (χ1) is 12.6. The van der Waals surface area contributed by atoms with Crippen LogP contribution in [0.1, 0.15) is 25.3 Å². The zero-order valence-corrected chi connectivity index (χ0v) is 15.3. The smallest absolute Gasteiger partial charge is 0.174 e. The zero-order chi connectivity index (χ0) is 18.5. The molecule has 3 N–H and O–H groups in total. The SMILES string of the molecule is CCN1CCC[C@@H](N=CNc2nc(-c3c(C)cccc3O)ccc2O)C1. The third-order valence-corrected chi connectivity index (χ3v) is 4.80. The molecule has 1 aromatic carbocycles. The highest BCUT2D eigenvalue weighted by atomic mass is 16.3. The highest BCUT2D eigenvalue weighted by Crippen LogP contribution is 2.33. The molecule has 0 aliphatic carbocycles. The van der Waals surface area contributed by atoms with Crippen LogP contribution in [0.25, 0.3) is 11.3 Å². The van der Waals surface area contributed by atoms with Crippen LogP contribution in [0.15, 0.2) is 35.3 Å². The number of aliphatic imine (C=N–C) groups is 1. The highest BCUT2D eigenvalue weighted by molar-refractivity contribution is 5.79. The van der Waals surface area contributed by atoms with Gasteiger partial charge in [0.2, 0.25) is 0 Å². The molecule has 2 heterocycles. The Morgan fingerprint density at radius 1 is 1.27 bits per heavy atom. The first-order valence-electron chi connectivity index (χ1n) is 9.08. The molecule has 0 saturated carbocycles. The summed E-state index contributed by atoms with van der Waals surface area (Å²) in [5, 5.41) is 23.2. The molecule has 6 nitrogen and oxygen atoms in total. The van der Waals surface area contributed by atoms with Gasteiger partial charge in [-0.05, 0) is 56.6 Å². The number of hydrogen-bond acceptors (Lipinski definition) is 5. The van der Waals surface area contributed by atoms with Crippen molar-refractivity contribution in [1.82, 2.24) is 9.88 Å². The lowest BCUT2D eigenvalue weighted by Gasteiger charge is -2.29. The molecule has 2 aromatic rings. The van der Waals surface area contributed by atoms with Gasteiger partial charge >= 0.3 is 0 Å². The van der Waals surface area contributed by atoms with Crippen molar-refractivity contribution in [2.45, 2.75) is 32.7 Å². The molecule has 0 radical (unpaired) electrons. The number of hydrogen-bond donors (Lipinski definition) is 3. The average molecular weight is 354 g/mol. The molecule has 1 saturated heterocycles. The van der Waals surface area contributed by atoms with Crippen LogP contribution >= 0.6 is 0 Å². The lowest BCUT2D eigenvalue weighted by Crippen LogP contribution is -2.37. The van der Waals surface area contributed by atoms with Crippen molar-refractivity contribution >= 4 is 12.2 Å². The normalized spacial score (nSPS) is 18.3. The van der Waals surface area contributed by atoms with Crippen molar-refractivity contribution in [3.05, 3.63) is 35.9 Å². The second-order valence-corrected chi connectivity index (χ2v) is 6.65. The van der Waals surface area contributed by atoms with Gasteiger partial charge in [-0.25, -0.2) is 4.98 Å². The minimum Gasteiger partial charge on any atom is -0.507 e. The monoisotopic (exact) mass is 354 g/mol. The summed E-state index contributed by atoms with van der Waals surface area (Å²) < 4.78 is 0. The minimum absolute atomic E-state index is 0.0482. The summed E-state index contributed by atoms with van der Waals surface area (Å²) >= 11 is 0. The van der Waals surface area contributed by atoms with E-state index in [9.17, 15) is 10.2 Å². The summed E-state index contributed by atoms with van der Waals surface area (Å²) in [6.07, 6.45) is 3.85. The molecule has 26 heavy (non-hydrogen) atoms. The van der Waals surface area contributed by atoms with Gasteiger partial charge in [-0.15, -0.1) is 0 Å². The first-order valence-corrected chi connectivity index (χ1v) is 9.08. The van der Waals surface area contributed by atoms with Crippen LogP contribution < -0.4 is 5.32 Å². The van der Waals surface area contributed by atoms with Crippen LogP contribution in [0.2, 0.25) is 0 Å². The number of phenolic OH excluding ortho intramolecular Hbond substituents is 1. The van der Waals surface area contributed by atoms with Gasteiger partial charge in [0.25, 0.3) is 0 Å². The van der Waals surface area contributed by atoms with Crippen LogP contribution in [0.4, 0.5) is 5.82 Å². The lowest BCUT2D eigenvalue weighted by atomic mass is 10.0. The quantitative estimate of drug-likeness (QED) is 0.566. The van der Waals surface area contributed by atoms with Crippen molar-refractivity contribution in [3.8, 4) is 22.8 Å². The third-order valence-electron chi connectivity index (χ3n) is 4.80. The van der Waals surface area contributed by atoms with Gasteiger partial charge in [0.05, 0.1) is 18.1 Å². The van der Waals surface area contributed by atoms with Crippen LogP contribution in [0.3, 0.4) is 0 Å². The predicted octanol–water partition coefficient (Wildman–Crippen LogP) is 3.39. The summed E-state index contributed by atoms with van der Waals surface area (Å²) in [5.74, 6) is 0.550. The van der Waals surface area contributed by atoms with Crippen molar-refractivity contribution in [2.75, 3.05) is 25.0 Å². The van der Waals surface area contributed by atoms with Crippen molar-refractivity contribution in [2.24, 2.45) is 4.99 Å².